The number of nitrogens with one attached hydrogen (secondary N) is 2. The number of pyridine rings is 1. The minimum absolute atomic E-state index is 0.158. The van der Waals surface area contributed by atoms with E-state index in [9.17, 15) is 4.79 Å². The second-order valence-electron chi connectivity index (χ2n) is 8.85. The van der Waals surface area contributed by atoms with Gasteiger partial charge in [-0.05, 0) is 79.0 Å². The van der Waals surface area contributed by atoms with Crippen LogP contribution >= 0.6 is 0 Å². The predicted octanol–water partition coefficient (Wildman–Crippen LogP) is 5.20. The monoisotopic (exact) mass is 454 g/mol. The SMILES string of the molecule is O=C(Nc1ccncc1)c1c[nH]c2ccc(-c3cc4c(cc3CN3CCCCC3)OCO4)cc12. The van der Waals surface area contributed by atoms with Crippen LogP contribution in [0.4, 0.5) is 5.69 Å². The Hall–Kier alpha value is -3.84. The molecule has 2 aliphatic rings. The van der Waals surface area contributed by atoms with Crippen molar-refractivity contribution < 1.29 is 14.3 Å². The molecule has 1 fully saturated rings. The molecule has 0 radical (unpaired) electrons. The average Bonchev–Trinajstić information content (AvgIpc) is 3.51. The molecule has 0 saturated carbocycles. The number of ether oxygens (including phenoxy) is 2. The van der Waals surface area contributed by atoms with Crippen molar-refractivity contribution in [3.8, 4) is 22.6 Å². The molecule has 0 unspecified atom stereocenters. The summed E-state index contributed by atoms with van der Waals surface area (Å²) in [6, 6.07) is 14.0. The van der Waals surface area contributed by atoms with Crippen LogP contribution in [0.5, 0.6) is 11.5 Å². The zero-order chi connectivity index (χ0) is 22.9. The fourth-order valence-electron chi connectivity index (χ4n) is 4.85. The Morgan fingerprint density at radius 1 is 1.00 bits per heavy atom. The van der Waals surface area contributed by atoms with Gasteiger partial charge in [-0.3, -0.25) is 14.7 Å². The zero-order valence-corrected chi connectivity index (χ0v) is 18.8. The van der Waals surface area contributed by atoms with Crippen molar-refractivity contribution >= 4 is 22.5 Å². The van der Waals surface area contributed by atoms with E-state index < -0.39 is 0 Å². The van der Waals surface area contributed by atoms with Gasteiger partial charge in [0.1, 0.15) is 0 Å². The number of aromatic amines is 1. The lowest BCUT2D eigenvalue weighted by Gasteiger charge is -2.27. The molecule has 0 aliphatic carbocycles. The highest BCUT2D eigenvalue weighted by Crippen LogP contribution is 2.40. The number of amides is 1. The number of hydrogen-bond acceptors (Lipinski definition) is 5. The predicted molar refractivity (Wildman–Crippen MR) is 131 cm³/mol. The van der Waals surface area contributed by atoms with Crippen molar-refractivity contribution in [2.45, 2.75) is 25.8 Å². The maximum Gasteiger partial charge on any atom is 0.257 e. The fourth-order valence-corrected chi connectivity index (χ4v) is 4.85. The van der Waals surface area contributed by atoms with E-state index in [0.717, 1.165) is 53.2 Å². The van der Waals surface area contributed by atoms with Crippen molar-refractivity contribution in [3.63, 3.8) is 0 Å². The van der Waals surface area contributed by atoms with Gasteiger partial charge in [0.25, 0.3) is 5.91 Å². The summed E-state index contributed by atoms with van der Waals surface area (Å²) in [6.07, 6.45) is 8.87. The lowest BCUT2D eigenvalue weighted by molar-refractivity contribution is 0.102. The molecule has 7 heteroatoms. The minimum Gasteiger partial charge on any atom is -0.454 e. The average molecular weight is 455 g/mol. The number of anilines is 1. The first kappa shape index (κ1) is 20.7. The number of aromatic nitrogens is 2. The lowest BCUT2D eigenvalue weighted by atomic mass is 9.96. The smallest absolute Gasteiger partial charge is 0.257 e. The molecular weight excluding hydrogens is 428 g/mol. The van der Waals surface area contributed by atoms with Gasteiger partial charge in [-0.25, -0.2) is 0 Å². The summed E-state index contributed by atoms with van der Waals surface area (Å²) in [5.41, 5.74) is 5.61. The third-order valence-electron chi connectivity index (χ3n) is 6.62. The van der Waals surface area contributed by atoms with Gasteiger partial charge < -0.3 is 19.8 Å². The minimum atomic E-state index is -0.158. The van der Waals surface area contributed by atoms with E-state index in [4.69, 9.17) is 9.47 Å². The van der Waals surface area contributed by atoms with Crippen LogP contribution in [0.2, 0.25) is 0 Å². The van der Waals surface area contributed by atoms with Crippen molar-refractivity contribution in [1.82, 2.24) is 14.9 Å². The van der Waals surface area contributed by atoms with Crippen LogP contribution in [0.3, 0.4) is 0 Å². The molecule has 2 aromatic carbocycles. The van der Waals surface area contributed by atoms with Gasteiger partial charge in [0.2, 0.25) is 6.79 Å². The van der Waals surface area contributed by atoms with Gasteiger partial charge in [0, 0.05) is 41.7 Å². The molecule has 0 spiro atoms. The van der Waals surface area contributed by atoms with Crippen LogP contribution in [0.1, 0.15) is 35.2 Å². The van der Waals surface area contributed by atoms with Crippen molar-refractivity contribution in [1.29, 1.82) is 0 Å². The summed E-state index contributed by atoms with van der Waals surface area (Å²) < 4.78 is 11.4. The second-order valence-corrected chi connectivity index (χ2v) is 8.85. The molecule has 4 aromatic rings. The number of hydrogen-bond donors (Lipinski definition) is 2. The molecule has 2 aromatic heterocycles. The van der Waals surface area contributed by atoms with Crippen molar-refractivity contribution in [2.24, 2.45) is 0 Å². The standard InChI is InChI=1S/C27H26N4O3/c32-27(30-20-6-8-28-9-7-20)23-15-29-24-5-4-18(12-22(23)24)21-14-26-25(33-17-34-26)13-19(21)16-31-10-2-1-3-11-31/h4-9,12-15,29H,1-3,10-11,16-17H2,(H,28,30,32). The molecule has 2 aliphatic heterocycles. The van der Waals surface area contributed by atoms with Crippen LogP contribution in [0, 0.1) is 0 Å². The second kappa shape index (κ2) is 8.83. The Balaban J connectivity index is 1.38. The lowest BCUT2D eigenvalue weighted by Crippen LogP contribution is -2.29. The van der Waals surface area contributed by atoms with E-state index >= 15 is 0 Å². The topological polar surface area (TPSA) is 79.5 Å². The van der Waals surface area contributed by atoms with Crippen LogP contribution < -0.4 is 14.8 Å². The number of benzene rings is 2. The third kappa shape index (κ3) is 3.99. The van der Waals surface area contributed by atoms with Crippen molar-refractivity contribution in [2.75, 3.05) is 25.2 Å². The summed E-state index contributed by atoms with van der Waals surface area (Å²) in [5.74, 6) is 1.41. The summed E-state index contributed by atoms with van der Waals surface area (Å²) in [5, 5.41) is 3.83. The van der Waals surface area contributed by atoms with Crippen LogP contribution in [0.15, 0.2) is 61.1 Å². The Labute approximate surface area is 197 Å². The van der Waals surface area contributed by atoms with E-state index in [1.807, 2.05) is 6.07 Å². The molecule has 1 amide bonds. The van der Waals surface area contributed by atoms with Crippen LogP contribution in [-0.2, 0) is 6.54 Å². The first-order valence-corrected chi connectivity index (χ1v) is 11.7. The largest absolute Gasteiger partial charge is 0.454 e. The highest BCUT2D eigenvalue weighted by atomic mass is 16.7. The number of rotatable bonds is 5. The van der Waals surface area contributed by atoms with Crippen LogP contribution in [0.25, 0.3) is 22.0 Å². The van der Waals surface area contributed by atoms with Gasteiger partial charge in [-0.2, -0.15) is 0 Å². The highest BCUT2D eigenvalue weighted by molar-refractivity contribution is 6.13. The molecule has 34 heavy (non-hydrogen) atoms. The normalized spacial score (nSPS) is 15.5. The van der Waals surface area contributed by atoms with Gasteiger partial charge in [0.15, 0.2) is 11.5 Å². The first-order chi connectivity index (χ1) is 16.7. The Morgan fingerprint density at radius 3 is 2.62 bits per heavy atom. The van der Waals surface area contributed by atoms with E-state index in [-0.39, 0.29) is 12.7 Å². The molecular formula is C27H26N4O3. The number of fused-ring (bicyclic) bond motifs is 2. The Kier molecular flexibility index (Phi) is 5.39. The van der Waals surface area contributed by atoms with Gasteiger partial charge in [-0.1, -0.05) is 12.5 Å². The molecule has 4 heterocycles. The van der Waals surface area contributed by atoms with Gasteiger partial charge in [-0.15, -0.1) is 0 Å². The molecule has 0 bridgehead atoms. The highest BCUT2D eigenvalue weighted by Gasteiger charge is 2.21. The molecule has 2 N–H and O–H groups in total. The zero-order valence-electron chi connectivity index (χ0n) is 18.8. The fraction of sp³-hybridized carbons (Fsp3) is 0.259. The molecule has 6 rings (SSSR count). The summed E-state index contributed by atoms with van der Waals surface area (Å²) >= 11 is 0. The van der Waals surface area contributed by atoms with E-state index in [1.165, 1.54) is 24.8 Å². The van der Waals surface area contributed by atoms with E-state index in [2.05, 4.69) is 44.5 Å². The molecule has 0 atom stereocenters. The summed E-state index contributed by atoms with van der Waals surface area (Å²) in [6.45, 7) is 3.35. The number of likely N-dealkylation sites (tertiary alicyclic amines) is 1. The van der Waals surface area contributed by atoms with Gasteiger partial charge in [0.05, 0.1) is 5.56 Å². The summed E-state index contributed by atoms with van der Waals surface area (Å²) in [4.78, 5) is 22.8. The number of carbonyl (C=O) groups excluding carboxylic acids is 1. The number of H-pyrrole nitrogens is 1. The number of nitrogens with zero attached hydrogens (tertiary/aromatic N) is 2. The molecule has 172 valence electrons. The number of piperidine rings is 1. The van der Waals surface area contributed by atoms with E-state index in [0.29, 0.717) is 11.3 Å². The van der Waals surface area contributed by atoms with Gasteiger partial charge >= 0.3 is 0 Å². The quantitative estimate of drug-likeness (QED) is 0.434. The molecule has 7 nitrogen and oxygen atoms in total. The molecule has 1 saturated heterocycles. The number of carbonyl (C=O) groups is 1. The maximum atomic E-state index is 13.0. The summed E-state index contributed by atoms with van der Waals surface area (Å²) in [7, 11) is 0. The third-order valence-corrected chi connectivity index (χ3v) is 6.62. The van der Waals surface area contributed by atoms with Crippen LogP contribution in [-0.4, -0.2) is 40.7 Å². The first-order valence-electron chi connectivity index (χ1n) is 11.7. The van der Waals surface area contributed by atoms with Crippen molar-refractivity contribution in [3.05, 3.63) is 72.2 Å². The van der Waals surface area contributed by atoms with E-state index in [1.54, 1.807) is 30.7 Å². The Bertz CT molecular complexity index is 1340. The Morgan fingerprint density at radius 2 is 1.79 bits per heavy atom. The maximum absolute atomic E-state index is 13.0.